The number of hydrogen-bond acceptors (Lipinski definition) is 2. The van der Waals surface area contributed by atoms with Gasteiger partial charge in [-0.2, -0.15) is 0 Å². The van der Waals surface area contributed by atoms with Crippen molar-refractivity contribution in [1.82, 2.24) is 10.3 Å². The third-order valence-corrected chi connectivity index (χ3v) is 3.22. The van der Waals surface area contributed by atoms with E-state index >= 15 is 0 Å². The Balaban J connectivity index is 1.79. The molecular weight excluding hydrogens is 203 g/mol. The molecule has 0 spiro atoms. The summed E-state index contributed by atoms with van der Waals surface area (Å²) in [6.07, 6.45) is 9.20. The van der Waals surface area contributed by atoms with Crippen molar-refractivity contribution >= 4 is 0 Å². The van der Waals surface area contributed by atoms with Crippen molar-refractivity contribution in [2.45, 2.75) is 51.1 Å². The molecular formula is C13H19FN2. The van der Waals surface area contributed by atoms with E-state index in [1.54, 1.807) is 6.07 Å². The molecule has 1 aliphatic carbocycles. The molecule has 2 rings (SSSR count). The molecule has 0 unspecified atom stereocenters. The first-order valence-corrected chi connectivity index (χ1v) is 6.18. The van der Waals surface area contributed by atoms with E-state index in [0.717, 1.165) is 12.2 Å². The van der Waals surface area contributed by atoms with Gasteiger partial charge in [-0.15, -0.1) is 0 Å². The lowest BCUT2D eigenvalue weighted by atomic mass is 10.1. The number of rotatable bonds is 3. The maximum atomic E-state index is 12.7. The van der Waals surface area contributed by atoms with Crippen LogP contribution in [0.5, 0.6) is 0 Å². The minimum atomic E-state index is -0.266. The van der Waals surface area contributed by atoms with Crippen LogP contribution in [0.25, 0.3) is 0 Å². The van der Waals surface area contributed by atoms with Gasteiger partial charge in [-0.25, -0.2) is 4.39 Å². The highest BCUT2D eigenvalue weighted by Crippen LogP contribution is 2.17. The number of aromatic nitrogens is 1. The van der Waals surface area contributed by atoms with Gasteiger partial charge in [0, 0.05) is 12.6 Å². The van der Waals surface area contributed by atoms with Crippen LogP contribution in [0.3, 0.4) is 0 Å². The van der Waals surface area contributed by atoms with Crippen LogP contribution < -0.4 is 5.32 Å². The molecule has 16 heavy (non-hydrogen) atoms. The lowest BCUT2D eigenvalue weighted by Crippen LogP contribution is -2.28. The Morgan fingerprint density at radius 2 is 1.94 bits per heavy atom. The first kappa shape index (κ1) is 11.5. The largest absolute Gasteiger partial charge is 0.308 e. The van der Waals surface area contributed by atoms with Gasteiger partial charge in [0.05, 0.1) is 11.9 Å². The van der Waals surface area contributed by atoms with E-state index < -0.39 is 0 Å². The van der Waals surface area contributed by atoms with E-state index in [0.29, 0.717) is 6.04 Å². The van der Waals surface area contributed by atoms with Crippen molar-refractivity contribution in [2.75, 3.05) is 0 Å². The fourth-order valence-corrected chi connectivity index (χ4v) is 2.24. The maximum absolute atomic E-state index is 12.7. The average Bonchev–Trinajstić information content (AvgIpc) is 2.57. The number of hydrogen-bond donors (Lipinski definition) is 1. The summed E-state index contributed by atoms with van der Waals surface area (Å²) in [6.45, 7) is 0.755. The van der Waals surface area contributed by atoms with Crippen LogP contribution in [0, 0.1) is 5.82 Å². The molecule has 0 amide bonds. The molecule has 3 heteroatoms. The fourth-order valence-electron chi connectivity index (χ4n) is 2.24. The van der Waals surface area contributed by atoms with Crippen molar-refractivity contribution in [3.63, 3.8) is 0 Å². The molecule has 1 aromatic rings. The van der Waals surface area contributed by atoms with E-state index in [9.17, 15) is 4.39 Å². The highest BCUT2D eigenvalue weighted by molar-refractivity contribution is 5.05. The third kappa shape index (κ3) is 3.56. The zero-order chi connectivity index (χ0) is 11.2. The minimum Gasteiger partial charge on any atom is -0.308 e. The van der Waals surface area contributed by atoms with E-state index in [4.69, 9.17) is 0 Å². The summed E-state index contributed by atoms with van der Waals surface area (Å²) >= 11 is 0. The summed E-state index contributed by atoms with van der Waals surface area (Å²) in [6, 6.07) is 3.84. The second-order valence-corrected chi connectivity index (χ2v) is 4.54. The fraction of sp³-hybridized carbons (Fsp3) is 0.615. The number of nitrogens with zero attached hydrogens (tertiary/aromatic N) is 1. The highest BCUT2D eigenvalue weighted by Gasteiger charge is 2.11. The second kappa shape index (κ2) is 5.94. The molecule has 1 heterocycles. The van der Waals surface area contributed by atoms with Gasteiger partial charge in [-0.05, 0) is 25.0 Å². The number of pyridine rings is 1. The van der Waals surface area contributed by atoms with Crippen molar-refractivity contribution in [3.05, 3.63) is 29.8 Å². The van der Waals surface area contributed by atoms with Crippen LogP contribution in [0.15, 0.2) is 18.3 Å². The highest BCUT2D eigenvalue weighted by atomic mass is 19.1. The molecule has 1 saturated carbocycles. The Morgan fingerprint density at radius 1 is 1.19 bits per heavy atom. The zero-order valence-electron chi connectivity index (χ0n) is 9.58. The number of halogens is 1. The summed E-state index contributed by atoms with van der Waals surface area (Å²) in [5.41, 5.74) is 0.922. The summed E-state index contributed by atoms with van der Waals surface area (Å²) in [4.78, 5) is 4.05. The lowest BCUT2D eigenvalue weighted by Gasteiger charge is -2.15. The monoisotopic (exact) mass is 222 g/mol. The molecule has 0 aliphatic heterocycles. The molecule has 1 aliphatic rings. The topological polar surface area (TPSA) is 24.9 Å². The first-order valence-electron chi connectivity index (χ1n) is 6.18. The predicted molar refractivity (Wildman–Crippen MR) is 62.5 cm³/mol. The SMILES string of the molecule is Fc1ccc(CNC2CCCCCC2)nc1. The summed E-state index contributed by atoms with van der Waals surface area (Å²) in [5.74, 6) is -0.266. The summed E-state index contributed by atoms with van der Waals surface area (Å²) < 4.78 is 12.7. The van der Waals surface area contributed by atoms with Gasteiger partial charge in [0.1, 0.15) is 5.82 Å². The third-order valence-electron chi connectivity index (χ3n) is 3.22. The van der Waals surface area contributed by atoms with Crippen LogP contribution in [-0.2, 0) is 6.54 Å². The van der Waals surface area contributed by atoms with Gasteiger partial charge < -0.3 is 5.32 Å². The number of nitrogens with one attached hydrogen (secondary N) is 1. The Hall–Kier alpha value is -0.960. The molecule has 0 radical (unpaired) electrons. The molecule has 0 aromatic carbocycles. The Morgan fingerprint density at radius 3 is 2.56 bits per heavy atom. The van der Waals surface area contributed by atoms with Crippen LogP contribution in [0.2, 0.25) is 0 Å². The summed E-state index contributed by atoms with van der Waals surface area (Å²) in [5, 5.41) is 3.51. The van der Waals surface area contributed by atoms with Gasteiger partial charge in [0.2, 0.25) is 0 Å². The predicted octanol–water partition coefficient (Wildman–Crippen LogP) is 3.03. The molecule has 1 fully saturated rings. The van der Waals surface area contributed by atoms with Gasteiger partial charge in [0.15, 0.2) is 0 Å². The van der Waals surface area contributed by atoms with Gasteiger partial charge in [-0.3, -0.25) is 4.98 Å². The minimum absolute atomic E-state index is 0.266. The average molecular weight is 222 g/mol. The van der Waals surface area contributed by atoms with Crippen LogP contribution >= 0.6 is 0 Å². The van der Waals surface area contributed by atoms with E-state index in [-0.39, 0.29) is 5.82 Å². The second-order valence-electron chi connectivity index (χ2n) is 4.54. The standard InChI is InChI=1S/C13H19FN2/c14-11-7-8-13(15-9-11)10-16-12-5-3-1-2-4-6-12/h7-9,12,16H,1-6,10H2. The Kier molecular flexibility index (Phi) is 4.28. The van der Waals surface area contributed by atoms with Crippen molar-refractivity contribution in [3.8, 4) is 0 Å². The molecule has 0 bridgehead atoms. The molecule has 1 N–H and O–H groups in total. The van der Waals surface area contributed by atoms with Crippen molar-refractivity contribution < 1.29 is 4.39 Å². The van der Waals surface area contributed by atoms with Gasteiger partial charge in [0.25, 0.3) is 0 Å². The molecule has 0 saturated heterocycles. The van der Waals surface area contributed by atoms with Crippen LogP contribution in [0.1, 0.15) is 44.2 Å². The van der Waals surface area contributed by atoms with E-state index in [2.05, 4.69) is 10.3 Å². The van der Waals surface area contributed by atoms with E-state index in [1.165, 1.54) is 50.8 Å². The van der Waals surface area contributed by atoms with Crippen LogP contribution in [0.4, 0.5) is 4.39 Å². The normalized spacial score (nSPS) is 18.3. The van der Waals surface area contributed by atoms with Gasteiger partial charge >= 0.3 is 0 Å². The molecule has 2 nitrogen and oxygen atoms in total. The van der Waals surface area contributed by atoms with Crippen LogP contribution in [-0.4, -0.2) is 11.0 Å². The first-order chi connectivity index (χ1) is 7.84. The Bertz CT molecular complexity index is 302. The quantitative estimate of drug-likeness (QED) is 0.795. The molecule has 88 valence electrons. The smallest absolute Gasteiger partial charge is 0.141 e. The van der Waals surface area contributed by atoms with Gasteiger partial charge in [-0.1, -0.05) is 25.7 Å². The molecule has 0 atom stereocenters. The Labute approximate surface area is 96.3 Å². The zero-order valence-corrected chi connectivity index (χ0v) is 9.58. The van der Waals surface area contributed by atoms with Crippen molar-refractivity contribution in [2.24, 2.45) is 0 Å². The van der Waals surface area contributed by atoms with E-state index in [1.807, 2.05) is 0 Å². The summed E-state index contributed by atoms with van der Waals surface area (Å²) in [7, 11) is 0. The lowest BCUT2D eigenvalue weighted by molar-refractivity contribution is 0.455. The molecule has 1 aromatic heterocycles. The van der Waals surface area contributed by atoms with Crippen molar-refractivity contribution in [1.29, 1.82) is 0 Å². The maximum Gasteiger partial charge on any atom is 0.141 e.